The fraction of sp³-hybridized carbons (Fsp3) is 0.342. The lowest BCUT2D eigenvalue weighted by Crippen LogP contribution is -2.50. The zero-order chi connectivity index (χ0) is 36.1. The Balaban J connectivity index is 1.15. The zero-order valence-corrected chi connectivity index (χ0v) is 28.6. The van der Waals surface area contributed by atoms with Gasteiger partial charge in [-0.2, -0.15) is 17.9 Å². The molecule has 0 unspecified atom stereocenters. The van der Waals surface area contributed by atoms with Crippen LogP contribution in [0.3, 0.4) is 0 Å². The van der Waals surface area contributed by atoms with Crippen LogP contribution in [0.5, 0.6) is 0 Å². The molecule has 1 aromatic heterocycles. The first-order chi connectivity index (χ1) is 24.5. The van der Waals surface area contributed by atoms with E-state index in [2.05, 4.69) is 12.2 Å². The molecule has 2 N–H and O–H groups in total. The summed E-state index contributed by atoms with van der Waals surface area (Å²) in [6, 6.07) is 27.0. The number of benzene rings is 3. The van der Waals surface area contributed by atoms with Gasteiger partial charge < -0.3 is 30.0 Å². The Hall–Kier alpha value is -4.43. The van der Waals surface area contributed by atoms with Crippen LogP contribution >= 0.6 is 11.8 Å². The van der Waals surface area contributed by atoms with Gasteiger partial charge in [0, 0.05) is 42.5 Å². The molecule has 6 rings (SSSR count). The van der Waals surface area contributed by atoms with Gasteiger partial charge in [-0.1, -0.05) is 85.4 Å². The average molecular weight is 722 g/mol. The largest absolute Gasteiger partial charge is 0.618 e. The van der Waals surface area contributed by atoms with Crippen molar-refractivity contribution in [3.8, 4) is 11.1 Å². The summed E-state index contributed by atoms with van der Waals surface area (Å²) in [6.45, 7) is 1.99. The number of pyridine rings is 1. The second kappa shape index (κ2) is 15.9. The third kappa shape index (κ3) is 8.55. The molecule has 3 heterocycles. The molecule has 9 nitrogen and oxygen atoms in total. The van der Waals surface area contributed by atoms with E-state index in [1.165, 1.54) is 18.0 Å². The van der Waals surface area contributed by atoms with Crippen molar-refractivity contribution in [1.82, 2.24) is 10.2 Å². The van der Waals surface area contributed by atoms with E-state index in [0.29, 0.717) is 22.1 Å². The van der Waals surface area contributed by atoms with Crippen LogP contribution in [0.2, 0.25) is 0 Å². The molecule has 0 spiro atoms. The summed E-state index contributed by atoms with van der Waals surface area (Å²) in [5.41, 5.74) is 5.06. The van der Waals surface area contributed by atoms with Crippen LogP contribution in [0.25, 0.3) is 11.1 Å². The molecule has 4 aromatic rings. The highest BCUT2D eigenvalue weighted by molar-refractivity contribution is 7.99. The minimum absolute atomic E-state index is 0.0538. The van der Waals surface area contributed by atoms with Crippen molar-refractivity contribution in [2.24, 2.45) is 5.92 Å². The van der Waals surface area contributed by atoms with Gasteiger partial charge in [-0.3, -0.25) is 9.59 Å². The van der Waals surface area contributed by atoms with E-state index >= 15 is 0 Å². The number of likely N-dealkylation sites (tertiary alicyclic amines) is 1. The maximum Gasteiger partial charge on any atom is 0.471 e. The number of rotatable bonds is 10. The number of thioether (sulfide) groups is 1. The first kappa shape index (κ1) is 36.4. The number of carbonyl (C=O) groups is 2. The molecule has 5 atom stereocenters. The zero-order valence-electron chi connectivity index (χ0n) is 27.8. The Labute approximate surface area is 298 Å². The number of nitrogens with one attached hydrogen (secondary N) is 1. The maximum absolute atomic E-state index is 13.0. The Kier molecular flexibility index (Phi) is 11.3. The van der Waals surface area contributed by atoms with Crippen molar-refractivity contribution in [3.05, 3.63) is 125 Å². The van der Waals surface area contributed by atoms with E-state index in [1.54, 1.807) is 12.1 Å². The molecule has 13 heteroatoms. The Morgan fingerprint density at radius 1 is 0.961 bits per heavy atom. The number of aliphatic hydroxyl groups excluding tert-OH is 1. The van der Waals surface area contributed by atoms with Crippen molar-refractivity contribution in [3.63, 3.8) is 0 Å². The summed E-state index contributed by atoms with van der Waals surface area (Å²) in [4.78, 5) is 25.2. The minimum Gasteiger partial charge on any atom is -0.618 e. The van der Waals surface area contributed by atoms with Gasteiger partial charge in [-0.15, -0.1) is 0 Å². The number of ether oxygens (including phenoxy) is 2. The molecule has 2 saturated heterocycles. The number of halogens is 3. The number of alkyl halides is 3. The van der Waals surface area contributed by atoms with Gasteiger partial charge in [-0.05, 0) is 52.8 Å². The molecule has 0 bridgehead atoms. The number of aromatic nitrogens is 1. The second-order valence-electron chi connectivity index (χ2n) is 12.7. The molecule has 2 fully saturated rings. The van der Waals surface area contributed by atoms with Crippen molar-refractivity contribution >= 4 is 23.6 Å². The summed E-state index contributed by atoms with van der Waals surface area (Å²) in [6.07, 6.45) is -4.32. The van der Waals surface area contributed by atoms with Crippen LogP contribution in [0.4, 0.5) is 13.2 Å². The van der Waals surface area contributed by atoms with Crippen molar-refractivity contribution in [2.45, 2.75) is 68.7 Å². The van der Waals surface area contributed by atoms with Crippen LogP contribution in [0.1, 0.15) is 54.4 Å². The number of aliphatic hydroxyl groups is 1. The smallest absolute Gasteiger partial charge is 0.471 e. The van der Waals surface area contributed by atoms with Crippen LogP contribution in [-0.4, -0.2) is 52.4 Å². The predicted molar refractivity (Wildman–Crippen MR) is 184 cm³/mol. The fourth-order valence-electron chi connectivity index (χ4n) is 6.45. The van der Waals surface area contributed by atoms with Crippen molar-refractivity contribution < 1.29 is 42.1 Å². The average Bonchev–Trinajstić information content (AvgIpc) is 3.64. The Bertz CT molecular complexity index is 1830. The Morgan fingerprint density at radius 3 is 2.41 bits per heavy atom. The first-order valence-electron chi connectivity index (χ1n) is 16.7. The van der Waals surface area contributed by atoms with Crippen molar-refractivity contribution in [2.75, 3.05) is 12.3 Å². The minimum atomic E-state index is -5.03. The van der Waals surface area contributed by atoms with E-state index in [4.69, 9.17) is 9.47 Å². The highest BCUT2D eigenvalue weighted by atomic mass is 32.2. The normalized spacial score (nSPS) is 22.1. The summed E-state index contributed by atoms with van der Waals surface area (Å²) in [5.74, 6) is -2.13. The summed E-state index contributed by atoms with van der Waals surface area (Å²) in [5, 5.41) is 25.1. The van der Waals surface area contributed by atoms with Crippen LogP contribution < -0.4 is 10.0 Å². The molecule has 51 heavy (non-hydrogen) atoms. The molecule has 2 amide bonds. The molecular weight excluding hydrogens is 683 g/mol. The first-order valence-corrected chi connectivity index (χ1v) is 17.7. The number of hydrogen-bond acceptors (Lipinski definition) is 7. The summed E-state index contributed by atoms with van der Waals surface area (Å²) < 4.78 is 53.0. The lowest BCUT2D eigenvalue weighted by atomic mass is 9.91. The van der Waals surface area contributed by atoms with E-state index in [-0.39, 0.29) is 44.2 Å². The van der Waals surface area contributed by atoms with Crippen LogP contribution in [-0.2, 0) is 32.2 Å². The van der Waals surface area contributed by atoms with Gasteiger partial charge in [0.2, 0.25) is 5.91 Å². The molecule has 0 radical (unpaired) electrons. The lowest BCUT2D eigenvalue weighted by molar-refractivity contribution is -0.645. The molecule has 0 aliphatic carbocycles. The SMILES string of the molecule is C[C@@H]1[C@H](CSc2cccc[n+]2[O-])O[C@H](c2ccc(-c3cccc(CNC(=O)[C@@H]4CCCN4C(=O)C(F)(F)F)c3)cc2)O[C@@H]1c1ccc(CO)cc1. The van der Waals surface area contributed by atoms with Crippen LogP contribution in [0.15, 0.2) is 102 Å². The summed E-state index contributed by atoms with van der Waals surface area (Å²) in [7, 11) is 0. The van der Waals surface area contributed by atoms with Gasteiger partial charge >= 0.3 is 12.1 Å². The molecular formula is C38H38F3N3O6S. The molecule has 268 valence electrons. The van der Waals surface area contributed by atoms with Crippen molar-refractivity contribution in [1.29, 1.82) is 0 Å². The lowest BCUT2D eigenvalue weighted by Gasteiger charge is -2.41. The van der Waals surface area contributed by atoms with E-state index in [0.717, 1.165) is 38.1 Å². The standard InChI is InChI=1S/C38H38F3N3O6S/c1-24-32(23-51-33-9-2-3-19-44(33)48)49-36(50-34(24)28-12-10-25(22-45)11-13-28)29-16-14-27(15-17-29)30-7-4-6-26(20-30)21-42-35(46)31-8-5-18-43(31)37(47)38(39,40)41/h2-4,6-7,9-17,19-20,24,31-32,34,36,45H,5,8,18,21-23H2,1H3,(H,42,46)/t24-,31+,32+,34+,36+/m1/s1. The fourth-order valence-corrected chi connectivity index (χ4v) is 7.53. The molecule has 3 aromatic carbocycles. The third-order valence-electron chi connectivity index (χ3n) is 9.28. The van der Waals surface area contributed by atoms with E-state index in [1.807, 2.05) is 78.9 Å². The van der Waals surface area contributed by atoms with Gasteiger partial charge in [0.15, 0.2) is 12.5 Å². The maximum atomic E-state index is 13.0. The number of amides is 2. The molecule has 2 aliphatic heterocycles. The third-order valence-corrected chi connectivity index (χ3v) is 10.4. The molecule has 2 aliphatic rings. The Morgan fingerprint density at radius 2 is 1.71 bits per heavy atom. The predicted octanol–water partition coefficient (Wildman–Crippen LogP) is 6.23. The quantitative estimate of drug-likeness (QED) is 0.113. The van der Waals surface area contributed by atoms with Crippen LogP contribution in [0, 0.1) is 11.1 Å². The van der Waals surface area contributed by atoms with Gasteiger partial charge in [-0.25, -0.2) is 0 Å². The number of nitrogens with zero attached hydrogens (tertiary/aromatic N) is 2. The summed E-state index contributed by atoms with van der Waals surface area (Å²) >= 11 is 1.42. The topological polar surface area (TPSA) is 115 Å². The highest BCUT2D eigenvalue weighted by Crippen LogP contribution is 2.43. The van der Waals surface area contributed by atoms with E-state index in [9.17, 15) is 33.1 Å². The van der Waals surface area contributed by atoms with Gasteiger partial charge in [0.25, 0.3) is 5.03 Å². The number of carbonyl (C=O) groups excluding carboxylic acids is 2. The van der Waals surface area contributed by atoms with E-state index < -0.39 is 30.3 Å². The molecule has 0 saturated carbocycles. The second-order valence-corrected chi connectivity index (χ2v) is 13.7. The van der Waals surface area contributed by atoms with Gasteiger partial charge in [0.1, 0.15) is 6.04 Å². The van der Waals surface area contributed by atoms with Gasteiger partial charge in [0.05, 0.1) is 18.8 Å². The monoisotopic (exact) mass is 721 g/mol. The highest BCUT2D eigenvalue weighted by Gasteiger charge is 2.47. The number of hydrogen-bond donors (Lipinski definition) is 2.